The molecule has 0 aliphatic carbocycles. The first-order valence-corrected chi connectivity index (χ1v) is 12.1. The predicted octanol–water partition coefficient (Wildman–Crippen LogP) is 1.27. The number of nitrogens with zero attached hydrogens (tertiary/aromatic N) is 1. The molecule has 0 saturated carbocycles. The monoisotopic (exact) mass is 466 g/mol. The maximum absolute atomic E-state index is 12.7. The molecule has 1 atom stereocenters. The maximum Gasteiger partial charge on any atom is 0.315 e. The second-order valence-electron chi connectivity index (χ2n) is 6.99. The van der Waals surface area contributed by atoms with Crippen molar-refractivity contribution in [1.82, 2.24) is 20.3 Å². The van der Waals surface area contributed by atoms with Crippen molar-refractivity contribution >= 4 is 33.3 Å². The van der Waals surface area contributed by atoms with Crippen molar-refractivity contribution in [2.75, 3.05) is 26.3 Å². The minimum absolute atomic E-state index is 0.160. The minimum atomic E-state index is -3.55. The highest BCUT2D eigenvalue weighted by Gasteiger charge is 2.27. The van der Waals surface area contributed by atoms with Gasteiger partial charge in [0.1, 0.15) is 10.3 Å². The molecule has 1 unspecified atom stereocenters. The summed E-state index contributed by atoms with van der Waals surface area (Å²) < 4.78 is 32.2. The van der Waals surface area contributed by atoms with Gasteiger partial charge in [-0.2, -0.15) is 4.31 Å². The van der Waals surface area contributed by atoms with Crippen LogP contribution in [0.1, 0.15) is 17.4 Å². The van der Waals surface area contributed by atoms with Crippen LogP contribution in [0.25, 0.3) is 0 Å². The first-order chi connectivity index (χ1) is 14.9. The van der Waals surface area contributed by atoms with Gasteiger partial charge in [0, 0.05) is 24.5 Å². The number of ether oxygens (including phenoxy) is 1. The first-order valence-electron chi connectivity index (χ1n) is 9.89. The zero-order valence-corrected chi connectivity index (χ0v) is 18.8. The molecule has 1 fully saturated rings. The summed E-state index contributed by atoms with van der Waals surface area (Å²) in [4.78, 5) is 25.0. The van der Waals surface area contributed by atoms with E-state index in [4.69, 9.17) is 4.74 Å². The molecule has 31 heavy (non-hydrogen) atoms. The lowest BCUT2D eigenvalue weighted by Gasteiger charge is -2.25. The Morgan fingerprint density at radius 2 is 1.77 bits per heavy atom. The molecule has 1 saturated heterocycles. The summed E-state index contributed by atoms with van der Waals surface area (Å²) in [6, 6.07) is 11.5. The van der Waals surface area contributed by atoms with Crippen LogP contribution in [-0.4, -0.2) is 57.0 Å². The van der Waals surface area contributed by atoms with E-state index in [1.54, 1.807) is 19.1 Å². The summed E-state index contributed by atoms with van der Waals surface area (Å²) in [5.41, 5.74) is 0.966. The van der Waals surface area contributed by atoms with Crippen molar-refractivity contribution in [1.29, 1.82) is 0 Å². The van der Waals surface area contributed by atoms with Crippen LogP contribution in [-0.2, 0) is 32.6 Å². The number of rotatable bonds is 8. The van der Waals surface area contributed by atoms with Crippen LogP contribution < -0.4 is 16.0 Å². The average molecular weight is 467 g/mol. The van der Waals surface area contributed by atoms with Crippen LogP contribution in [0.4, 0.5) is 4.79 Å². The van der Waals surface area contributed by atoms with Crippen LogP contribution >= 0.6 is 11.3 Å². The van der Waals surface area contributed by atoms with Crippen LogP contribution in [0.3, 0.4) is 0 Å². The van der Waals surface area contributed by atoms with Crippen molar-refractivity contribution in [2.24, 2.45) is 0 Å². The summed E-state index contributed by atoms with van der Waals surface area (Å²) in [6.07, 6.45) is 0. The van der Waals surface area contributed by atoms with Crippen molar-refractivity contribution < 1.29 is 22.7 Å². The summed E-state index contributed by atoms with van der Waals surface area (Å²) in [5.74, 6) is -0.297. The lowest BCUT2D eigenvalue weighted by molar-refractivity contribution is -0.122. The number of thiophene rings is 1. The van der Waals surface area contributed by atoms with Crippen LogP contribution in [0.2, 0.25) is 0 Å². The zero-order chi connectivity index (χ0) is 22.3. The average Bonchev–Trinajstić information content (AvgIpc) is 3.27. The number of carbonyl (C=O) groups is 2. The quantitative estimate of drug-likeness (QED) is 0.542. The number of urea groups is 1. The molecule has 11 heteroatoms. The molecule has 3 rings (SSSR count). The van der Waals surface area contributed by atoms with Gasteiger partial charge < -0.3 is 20.7 Å². The normalized spacial score (nSPS) is 15.8. The topological polar surface area (TPSA) is 117 Å². The SMILES string of the molecule is CC(NC(=O)NCc1ccc(S(=O)(=O)N2CCOCC2)s1)C(=O)NCc1ccccc1. The number of nitrogens with one attached hydrogen (secondary N) is 3. The maximum atomic E-state index is 12.7. The number of benzene rings is 1. The summed E-state index contributed by atoms with van der Waals surface area (Å²) in [5, 5.41) is 8.00. The second-order valence-corrected chi connectivity index (χ2v) is 10.3. The van der Waals surface area contributed by atoms with E-state index in [1.807, 2.05) is 30.3 Å². The van der Waals surface area contributed by atoms with Crippen molar-refractivity contribution in [3.63, 3.8) is 0 Å². The molecule has 0 bridgehead atoms. The van der Waals surface area contributed by atoms with Gasteiger partial charge in [-0.15, -0.1) is 11.3 Å². The van der Waals surface area contributed by atoms with Gasteiger partial charge in [-0.1, -0.05) is 30.3 Å². The van der Waals surface area contributed by atoms with Crippen molar-refractivity contribution in [3.05, 3.63) is 52.9 Å². The van der Waals surface area contributed by atoms with Gasteiger partial charge in [-0.05, 0) is 24.6 Å². The van der Waals surface area contributed by atoms with Gasteiger partial charge in [-0.3, -0.25) is 4.79 Å². The Bertz CT molecular complexity index is 988. The van der Waals surface area contributed by atoms with E-state index >= 15 is 0 Å². The Morgan fingerprint density at radius 3 is 2.48 bits per heavy atom. The number of amides is 3. The first kappa shape index (κ1) is 23.2. The van der Waals surface area contributed by atoms with E-state index in [0.29, 0.717) is 37.7 Å². The highest BCUT2D eigenvalue weighted by atomic mass is 32.2. The van der Waals surface area contributed by atoms with Gasteiger partial charge in [0.15, 0.2) is 0 Å². The lowest BCUT2D eigenvalue weighted by Crippen LogP contribution is -2.48. The van der Waals surface area contributed by atoms with E-state index in [-0.39, 0.29) is 16.7 Å². The molecule has 3 amide bonds. The zero-order valence-electron chi connectivity index (χ0n) is 17.2. The Kier molecular flexibility index (Phi) is 8.02. The third-order valence-electron chi connectivity index (χ3n) is 4.67. The fourth-order valence-corrected chi connectivity index (χ4v) is 5.78. The molecule has 0 radical (unpaired) electrons. The number of sulfonamides is 1. The molecule has 3 N–H and O–H groups in total. The van der Waals surface area contributed by atoms with Gasteiger partial charge >= 0.3 is 6.03 Å². The molecular formula is C20H26N4O5S2. The van der Waals surface area contributed by atoms with E-state index in [0.717, 1.165) is 16.9 Å². The van der Waals surface area contributed by atoms with E-state index in [1.165, 1.54) is 4.31 Å². The highest BCUT2D eigenvalue weighted by molar-refractivity contribution is 7.91. The summed E-state index contributed by atoms with van der Waals surface area (Å²) in [6.45, 7) is 3.57. The highest BCUT2D eigenvalue weighted by Crippen LogP contribution is 2.25. The predicted molar refractivity (Wildman–Crippen MR) is 117 cm³/mol. The van der Waals surface area contributed by atoms with E-state index in [9.17, 15) is 18.0 Å². The van der Waals surface area contributed by atoms with Crippen molar-refractivity contribution in [3.8, 4) is 0 Å². The fraction of sp³-hybridized carbons (Fsp3) is 0.400. The van der Waals surface area contributed by atoms with Crippen LogP contribution in [0, 0.1) is 0 Å². The van der Waals surface area contributed by atoms with Crippen molar-refractivity contribution in [2.45, 2.75) is 30.3 Å². The minimum Gasteiger partial charge on any atom is -0.379 e. The molecule has 1 aliphatic heterocycles. The van der Waals surface area contributed by atoms with Gasteiger partial charge in [-0.25, -0.2) is 13.2 Å². The van der Waals surface area contributed by atoms with Crippen LogP contribution in [0.5, 0.6) is 0 Å². The van der Waals surface area contributed by atoms with E-state index in [2.05, 4.69) is 16.0 Å². The molecular weight excluding hydrogens is 440 g/mol. The number of carbonyl (C=O) groups excluding carboxylic acids is 2. The third-order valence-corrected chi connectivity index (χ3v) is 8.13. The smallest absolute Gasteiger partial charge is 0.315 e. The molecule has 1 aromatic carbocycles. The molecule has 2 heterocycles. The standard InChI is InChI=1S/C20H26N4O5S2/c1-15(19(25)21-13-16-5-3-2-4-6-16)23-20(26)22-14-17-7-8-18(30-17)31(27,28)24-9-11-29-12-10-24/h2-8,15H,9-14H2,1H3,(H,21,25)(H2,22,23,26). The summed E-state index contributed by atoms with van der Waals surface area (Å²) >= 11 is 1.11. The van der Waals surface area contributed by atoms with Gasteiger partial charge in [0.25, 0.3) is 10.0 Å². The van der Waals surface area contributed by atoms with Gasteiger partial charge in [0.2, 0.25) is 5.91 Å². The molecule has 1 aromatic heterocycles. The fourth-order valence-electron chi connectivity index (χ4n) is 2.92. The molecule has 9 nitrogen and oxygen atoms in total. The van der Waals surface area contributed by atoms with Gasteiger partial charge in [0.05, 0.1) is 19.8 Å². The second kappa shape index (κ2) is 10.7. The number of hydrogen-bond acceptors (Lipinski definition) is 6. The van der Waals surface area contributed by atoms with E-state index < -0.39 is 22.1 Å². The lowest BCUT2D eigenvalue weighted by atomic mass is 10.2. The molecule has 1 aliphatic rings. The molecule has 0 spiro atoms. The number of hydrogen-bond donors (Lipinski definition) is 3. The number of morpholine rings is 1. The Balaban J connectivity index is 1.44. The Hall–Kier alpha value is -2.47. The summed E-state index contributed by atoms with van der Waals surface area (Å²) in [7, 11) is -3.55. The molecule has 168 valence electrons. The Labute approximate surface area is 185 Å². The Morgan fingerprint density at radius 1 is 1.06 bits per heavy atom. The third kappa shape index (κ3) is 6.50. The largest absolute Gasteiger partial charge is 0.379 e. The van der Waals surface area contributed by atoms with Crippen LogP contribution in [0.15, 0.2) is 46.7 Å². The molecule has 2 aromatic rings.